The Balaban J connectivity index is 2.39. The second kappa shape index (κ2) is 5.83. The van der Waals surface area contributed by atoms with Crippen LogP contribution in [0, 0.1) is 0 Å². The first kappa shape index (κ1) is 11.3. The first-order valence-electron chi connectivity index (χ1n) is 4.68. The van der Waals surface area contributed by atoms with Crippen molar-refractivity contribution in [1.82, 2.24) is 4.98 Å². The Bertz CT molecular complexity index is 263. The van der Waals surface area contributed by atoms with Crippen molar-refractivity contribution in [1.29, 1.82) is 0 Å². The number of hydrogen-bond donors (Lipinski definition) is 1. The Hall–Kier alpha value is -0.800. The zero-order valence-electron chi connectivity index (χ0n) is 8.46. The molecule has 0 aliphatic carbocycles. The van der Waals surface area contributed by atoms with Gasteiger partial charge in [-0.25, -0.2) is 4.98 Å². The van der Waals surface area contributed by atoms with E-state index in [1.165, 1.54) is 0 Å². The summed E-state index contributed by atoms with van der Waals surface area (Å²) in [4.78, 5) is 3.97. The van der Waals surface area contributed by atoms with Crippen molar-refractivity contribution in [2.75, 3.05) is 18.5 Å². The number of ether oxygens (including phenoxy) is 1. The molecule has 0 radical (unpaired) electrons. The molecule has 0 bridgehead atoms. The monoisotopic (exact) mass is 214 g/mol. The van der Waals surface area contributed by atoms with E-state index >= 15 is 0 Å². The van der Waals surface area contributed by atoms with Gasteiger partial charge in [0.05, 0.1) is 18.5 Å². The predicted octanol–water partition coefficient (Wildman–Crippen LogP) is 2.57. The molecule has 78 valence electrons. The molecule has 1 aromatic heterocycles. The smallest absolute Gasteiger partial charge is 0.129 e. The highest BCUT2D eigenvalue weighted by Crippen LogP contribution is 2.10. The zero-order chi connectivity index (χ0) is 10.4. The second-order valence-electron chi connectivity index (χ2n) is 3.07. The molecule has 0 saturated carbocycles. The van der Waals surface area contributed by atoms with Crippen LogP contribution in [-0.4, -0.2) is 24.2 Å². The molecule has 4 heteroatoms. The van der Waals surface area contributed by atoms with Gasteiger partial charge in [-0.05, 0) is 26.0 Å². The van der Waals surface area contributed by atoms with Crippen molar-refractivity contribution < 1.29 is 4.74 Å². The lowest BCUT2D eigenvalue weighted by molar-refractivity contribution is 0.141. The minimum Gasteiger partial charge on any atom is -0.380 e. The lowest BCUT2D eigenvalue weighted by atomic mass is 10.3. The van der Waals surface area contributed by atoms with Crippen LogP contribution in [0.5, 0.6) is 0 Å². The highest BCUT2D eigenvalue weighted by molar-refractivity contribution is 6.29. The second-order valence-corrected chi connectivity index (χ2v) is 3.46. The summed E-state index contributed by atoms with van der Waals surface area (Å²) in [5, 5.41) is 3.77. The Morgan fingerprint density at radius 3 is 2.93 bits per heavy atom. The molecular formula is C10H15ClN2O. The number of nitrogens with zero attached hydrogens (tertiary/aromatic N) is 1. The normalized spacial score (nSPS) is 12.5. The van der Waals surface area contributed by atoms with Gasteiger partial charge in [0, 0.05) is 12.6 Å². The lowest BCUT2D eigenvalue weighted by Crippen LogP contribution is -2.21. The summed E-state index contributed by atoms with van der Waals surface area (Å²) in [5.74, 6) is 0. The molecule has 0 aromatic carbocycles. The van der Waals surface area contributed by atoms with Crippen LogP contribution >= 0.6 is 11.6 Å². The van der Waals surface area contributed by atoms with Crippen LogP contribution in [0.3, 0.4) is 0 Å². The van der Waals surface area contributed by atoms with Gasteiger partial charge >= 0.3 is 0 Å². The van der Waals surface area contributed by atoms with Gasteiger partial charge in [0.25, 0.3) is 0 Å². The fourth-order valence-electron chi connectivity index (χ4n) is 1.08. The maximum atomic E-state index is 5.67. The van der Waals surface area contributed by atoms with Crippen molar-refractivity contribution in [2.45, 2.75) is 19.9 Å². The van der Waals surface area contributed by atoms with Gasteiger partial charge in [-0.1, -0.05) is 11.6 Å². The summed E-state index contributed by atoms with van der Waals surface area (Å²) in [6.45, 7) is 5.48. The lowest BCUT2D eigenvalue weighted by Gasteiger charge is -2.14. The molecular weight excluding hydrogens is 200 g/mol. The highest BCUT2D eigenvalue weighted by atomic mass is 35.5. The fraction of sp³-hybridized carbons (Fsp3) is 0.500. The third kappa shape index (κ3) is 3.94. The van der Waals surface area contributed by atoms with Crippen molar-refractivity contribution in [3.05, 3.63) is 23.5 Å². The Morgan fingerprint density at radius 1 is 1.57 bits per heavy atom. The number of nitrogens with one attached hydrogen (secondary N) is 1. The van der Waals surface area contributed by atoms with Gasteiger partial charge in [-0.3, -0.25) is 0 Å². The molecule has 14 heavy (non-hydrogen) atoms. The molecule has 1 atom stereocenters. The van der Waals surface area contributed by atoms with Crippen LogP contribution in [0.1, 0.15) is 13.8 Å². The minimum absolute atomic E-state index is 0.276. The van der Waals surface area contributed by atoms with E-state index in [4.69, 9.17) is 16.3 Å². The SMILES string of the molecule is CCOCC(C)Nc1ccc(Cl)nc1. The fourth-order valence-corrected chi connectivity index (χ4v) is 1.19. The number of halogens is 1. The number of hydrogen-bond acceptors (Lipinski definition) is 3. The first-order valence-corrected chi connectivity index (χ1v) is 5.06. The van der Waals surface area contributed by atoms with Crippen LogP contribution in [-0.2, 0) is 4.74 Å². The molecule has 0 aliphatic rings. The van der Waals surface area contributed by atoms with Crippen LogP contribution in [0.4, 0.5) is 5.69 Å². The van der Waals surface area contributed by atoms with Crippen molar-refractivity contribution in [3.8, 4) is 0 Å². The van der Waals surface area contributed by atoms with Crippen LogP contribution in [0.2, 0.25) is 5.15 Å². The van der Waals surface area contributed by atoms with Gasteiger partial charge < -0.3 is 10.1 Å². The maximum Gasteiger partial charge on any atom is 0.129 e. The summed E-state index contributed by atoms with van der Waals surface area (Å²) in [7, 11) is 0. The summed E-state index contributed by atoms with van der Waals surface area (Å²) in [6, 6.07) is 3.94. The molecule has 1 unspecified atom stereocenters. The Labute approximate surface area is 89.4 Å². The average Bonchev–Trinajstić information content (AvgIpc) is 2.18. The summed E-state index contributed by atoms with van der Waals surface area (Å²) < 4.78 is 5.28. The van der Waals surface area contributed by atoms with E-state index < -0.39 is 0 Å². The summed E-state index contributed by atoms with van der Waals surface area (Å²) in [6.07, 6.45) is 1.71. The summed E-state index contributed by atoms with van der Waals surface area (Å²) >= 11 is 5.67. The third-order valence-corrected chi connectivity index (χ3v) is 1.94. The molecule has 0 fully saturated rings. The number of rotatable bonds is 5. The highest BCUT2D eigenvalue weighted by Gasteiger charge is 2.01. The van der Waals surface area contributed by atoms with Crippen molar-refractivity contribution in [2.24, 2.45) is 0 Å². The van der Waals surface area contributed by atoms with E-state index in [0.29, 0.717) is 11.8 Å². The predicted molar refractivity (Wildman–Crippen MR) is 58.8 cm³/mol. The van der Waals surface area contributed by atoms with Gasteiger partial charge in [0.1, 0.15) is 5.15 Å². The molecule has 0 aliphatic heterocycles. The first-order chi connectivity index (χ1) is 6.72. The van der Waals surface area contributed by atoms with Crippen LogP contribution in [0.15, 0.2) is 18.3 Å². The van der Waals surface area contributed by atoms with Gasteiger partial charge in [-0.2, -0.15) is 0 Å². The number of pyridine rings is 1. The van der Waals surface area contributed by atoms with Gasteiger partial charge in [-0.15, -0.1) is 0 Å². The quantitative estimate of drug-likeness (QED) is 0.765. The molecule has 0 amide bonds. The number of anilines is 1. The van der Waals surface area contributed by atoms with E-state index in [2.05, 4.69) is 17.2 Å². The molecule has 1 N–H and O–H groups in total. The van der Waals surface area contributed by atoms with Crippen LogP contribution in [0.25, 0.3) is 0 Å². The largest absolute Gasteiger partial charge is 0.380 e. The Kier molecular flexibility index (Phi) is 4.70. The molecule has 1 heterocycles. The summed E-state index contributed by atoms with van der Waals surface area (Å²) in [5.41, 5.74) is 0.960. The maximum absolute atomic E-state index is 5.67. The minimum atomic E-state index is 0.276. The average molecular weight is 215 g/mol. The standard InChI is InChI=1S/C10H15ClN2O/c1-3-14-7-8(2)13-9-4-5-10(11)12-6-9/h4-6,8,13H,3,7H2,1-2H3. The molecule has 1 rings (SSSR count). The third-order valence-electron chi connectivity index (χ3n) is 1.71. The molecule has 0 spiro atoms. The molecule has 0 saturated heterocycles. The van der Waals surface area contributed by atoms with Gasteiger partial charge in [0.15, 0.2) is 0 Å². The van der Waals surface area contributed by atoms with E-state index in [1.54, 1.807) is 12.3 Å². The van der Waals surface area contributed by atoms with E-state index in [9.17, 15) is 0 Å². The Morgan fingerprint density at radius 2 is 2.36 bits per heavy atom. The molecule has 1 aromatic rings. The van der Waals surface area contributed by atoms with Crippen LogP contribution < -0.4 is 5.32 Å². The molecule has 3 nitrogen and oxygen atoms in total. The van der Waals surface area contributed by atoms with Crippen molar-refractivity contribution >= 4 is 17.3 Å². The number of aromatic nitrogens is 1. The zero-order valence-corrected chi connectivity index (χ0v) is 9.21. The van der Waals surface area contributed by atoms with E-state index in [1.807, 2.05) is 13.0 Å². The van der Waals surface area contributed by atoms with E-state index in [-0.39, 0.29) is 6.04 Å². The van der Waals surface area contributed by atoms with Crippen molar-refractivity contribution in [3.63, 3.8) is 0 Å². The topological polar surface area (TPSA) is 34.1 Å². The van der Waals surface area contributed by atoms with E-state index in [0.717, 1.165) is 12.3 Å². The van der Waals surface area contributed by atoms with Gasteiger partial charge in [0.2, 0.25) is 0 Å².